The SMILES string of the molecule is COc1c(OS(=O)(=O)c2ccc(C)cc2)cc2c(c1OC)C1=C(CC3C(=O)C(Cl)(Cl)C13)C(N1C(=O)c3ccccc3C1=O)CC2. The van der Waals surface area contributed by atoms with E-state index in [0.717, 1.165) is 5.56 Å². The molecule has 0 aromatic heterocycles. The van der Waals surface area contributed by atoms with E-state index >= 15 is 0 Å². The number of allylic oxidation sites excluding steroid dienone is 1. The molecule has 0 N–H and O–H groups in total. The zero-order valence-electron chi connectivity index (χ0n) is 24.4. The molecular weight excluding hydrogens is 641 g/mol. The molecule has 1 fully saturated rings. The van der Waals surface area contributed by atoms with E-state index in [2.05, 4.69) is 0 Å². The fraction of sp³-hybridized carbons (Fsp3) is 0.303. The highest BCUT2D eigenvalue weighted by Crippen LogP contribution is 2.65. The van der Waals surface area contributed by atoms with Gasteiger partial charge in [0.2, 0.25) is 5.75 Å². The third-order valence-electron chi connectivity index (χ3n) is 9.25. The maximum absolute atomic E-state index is 13.7. The van der Waals surface area contributed by atoms with E-state index in [0.29, 0.717) is 46.2 Å². The van der Waals surface area contributed by atoms with Crippen molar-refractivity contribution in [3.8, 4) is 17.2 Å². The lowest BCUT2D eigenvalue weighted by Crippen LogP contribution is -2.54. The topological polar surface area (TPSA) is 116 Å². The van der Waals surface area contributed by atoms with Gasteiger partial charge >= 0.3 is 10.1 Å². The number of benzene rings is 3. The second kappa shape index (κ2) is 10.3. The highest BCUT2D eigenvalue weighted by molar-refractivity contribution is 7.87. The van der Waals surface area contributed by atoms with Gasteiger partial charge in [-0.25, -0.2) is 0 Å². The summed E-state index contributed by atoms with van der Waals surface area (Å²) in [5.41, 5.74) is 3.94. The average Bonchev–Trinajstić information content (AvgIpc) is 3.46. The molecule has 3 aromatic rings. The number of ether oxygens (including phenoxy) is 2. The van der Waals surface area contributed by atoms with Crippen molar-refractivity contribution in [2.45, 2.75) is 41.5 Å². The lowest BCUT2D eigenvalue weighted by Gasteiger charge is -2.43. The summed E-state index contributed by atoms with van der Waals surface area (Å²) in [4.78, 5) is 41.7. The number of nitrogens with zero attached hydrogens (tertiary/aromatic N) is 1. The predicted octanol–water partition coefficient (Wildman–Crippen LogP) is 5.54. The normalized spacial score (nSPS) is 23.1. The number of ketones is 1. The van der Waals surface area contributed by atoms with Crippen LogP contribution in [0.1, 0.15) is 50.2 Å². The Balaban J connectivity index is 1.40. The number of hydrogen-bond acceptors (Lipinski definition) is 8. The van der Waals surface area contributed by atoms with Gasteiger partial charge in [0.05, 0.1) is 31.4 Å². The maximum Gasteiger partial charge on any atom is 0.339 e. The number of halogens is 2. The van der Waals surface area contributed by atoms with Gasteiger partial charge in [0.15, 0.2) is 21.6 Å². The molecule has 1 saturated carbocycles. The molecule has 0 saturated heterocycles. The van der Waals surface area contributed by atoms with Gasteiger partial charge in [-0.2, -0.15) is 8.42 Å². The summed E-state index contributed by atoms with van der Waals surface area (Å²) in [5.74, 6) is -2.30. The van der Waals surface area contributed by atoms with Crippen LogP contribution < -0.4 is 13.7 Å². The Morgan fingerprint density at radius 3 is 2.13 bits per heavy atom. The zero-order chi connectivity index (χ0) is 32.0. The molecule has 12 heteroatoms. The Morgan fingerprint density at radius 2 is 1.53 bits per heavy atom. The molecular formula is C33H27Cl2NO8S. The number of aryl methyl sites for hydroxylation is 2. The number of methoxy groups -OCH3 is 2. The first kappa shape index (κ1) is 29.8. The number of imide groups is 1. The molecule has 2 amide bonds. The number of fused-ring (bicyclic) bond motifs is 5. The van der Waals surface area contributed by atoms with Crippen LogP contribution in [-0.4, -0.2) is 55.5 Å². The van der Waals surface area contributed by atoms with Gasteiger partial charge in [0.25, 0.3) is 11.8 Å². The molecule has 3 aromatic carbocycles. The summed E-state index contributed by atoms with van der Waals surface area (Å²) in [6.45, 7) is 1.84. The molecule has 232 valence electrons. The maximum atomic E-state index is 13.7. The first-order chi connectivity index (χ1) is 21.4. The number of Topliss-reactive ketones (excluding diaryl/α,β-unsaturated/α-hetero) is 1. The smallest absolute Gasteiger partial charge is 0.339 e. The van der Waals surface area contributed by atoms with Crippen LogP contribution in [0.2, 0.25) is 0 Å². The van der Waals surface area contributed by atoms with Crippen molar-refractivity contribution in [2.24, 2.45) is 11.8 Å². The lowest BCUT2D eigenvalue weighted by molar-refractivity contribution is -0.132. The molecule has 3 aliphatic carbocycles. The monoisotopic (exact) mass is 667 g/mol. The highest BCUT2D eigenvalue weighted by atomic mass is 35.5. The van der Waals surface area contributed by atoms with E-state index in [4.69, 9.17) is 36.9 Å². The van der Waals surface area contributed by atoms with Crippen molar-refractivity contribution in [3.05, 3.63) is 88.0 Å². The Morgan fingerprint density at radius 1 is 0.911 bits per heavy atom. The molecule has 0 spiro atoms. The van der Waals surface area contributed by atoms with Gasteiger partial charge in [0.1, 0.15) is 4.90 Å². The number of carbonyl (C=O) groups is 3. The van der Waals surface area contributed by atoms with E-state index in [9.17, 15) is 22.8 Å². The second-order valence-electron chi connectivity index (χ2n) is 11.6. The highest BCUT2D eigenvalue weighted by Gasteiger charge is 2.66. The van der Waals surface area contributed by atoms with E-state index in [1.807, 2.05) is 6.92 Å². The van der Waals surface area contributed by atoms with E-state index in [1.165, 1.54) is 31.3 Å². The number of rotatable bonds is 6. The van der Waals surface area contributed by atoms with Gasteiger partial charge in [-0.3, -0.25) is 19.3 Å². The summed E-state index contributed by atoms with van der Waals surface area (Å²) in [5, 5.41) is 0. The number of carbonyl (C=O) groups excluding carboxylic acids is 3. The summed E-state index contributed by atoms with van der Waals surface area (Å²) < 4.78 is 42.2. The zero-order valence-corrected chi connectivity index (χ0v) is 26.8. The van der Waals surface area contributed by atoms with Crippen LogP contribution in [0.5, 0.6) is 17.2 Å². The first-order valence-electron chi connectivity index (χ1n) is 14.3. The van der Waals surface area contributed by atoms with E-state index in [1.54, 1.807) is 42.5 Å². The molecule has 9 nitrogen and oxygen atoms in total. The first-order valence-corrected chi connectivity index (χ1v) is 16.5. The Hall–Kier alpha value is -3.86. The molecule has 1 aliphatic heterocycles. The minimum absolute atomic E-state index is 0.0156. The van der Waals surface area contributed by atoms with Crippen molar-refractivity contribution in [3.63, 3.8) is 0 Å². The van der Waals surface area contributed by atoms with Crippen molar-refractivity contribution < 1.29 is 36.5 Å². The van der Waals surface area contributed by atoms with E-state index in [-0.39, 0.29) is 34.3 Å². The Kier molecular flexibility index (Phi) is 6.85. The van der Waals surface area contributed by atoms with Gasteiger partial charge in [-0.1, -0.05) is 53.0 Å². The minimum Gasteiger partial charge on any atom is -0.492 e. The van der Waals surface area contributed by atoms with Crippen molar-refractivity contribution in [1.29, 1.82) is 0 Å². The lowest BCUT2D eigenvalue weighted by atomic mass is 9.69. The molecule has 45 heavy (non-hydrogen) atoms. The van der Waals surface area contributed by atoms with Crippen molar-refractivity contribution in [1.82, 2.24) is 4.90 Å². The fourth-order valence-corrected chi connectivity index (χ4v) is 8.93. The fourth-order valence-electron chi connectivity index (χ4n) is 7.20. The molecule has 4 aliphatic rings. The Bertz CT molecular complexity index is 1930. The van der Waals surface area contributed by atoms with Crippen molar-refractivity contribution >= 4 is 56.5 Å². The molecule has 3 unspecified atom stereocenters. The molecule has 3 atom stereocenters. The molecule has 0 radical (unpaired) electrons. The summed E-state index contributed by atoms with van der Waals surface area (Å²) in [6.07, 6.45) is 0.843. The van der Waals surface area contributed by atoms with E-state index < -0.39 is 44.1 Å². The van der Waals surface area contributed by atoms with Crippen LogP contribution in [0.3, 0.4) is 0 Å². The summed E-state index contributed by atoms with van der Waals surface area (Å²) in [7, 11) is -1.50. The molecule has 1 heterocycles. The second-order valence-corrected chi connectivity index (χ2v) is 14.6. The quantitative estimate of drug-likeness (QED) is 0.191. The van der Waals surface area contributed by atoms with Crippen LogP contribution in [-0.2, 0) is 21.3 Å². The number of alkyl halides is 2. The largest absolute Gasteiger partial charge is 0.492 e. The third-order valence-corrected chi connectivity index (χ3v) is 11.3. The van der Waals surface area contributed by atoms with Crippen LogP contribution >= 0.6 is 23.2 Å². The van der Waals surface area contributed by atoms with Crippen LogP contribution in [0.15, 0.2) is 65.1 Å². The summed E-state index contributed by atoms with van der Waals surface area (Å²) in [6, 6.07) is 13.7. The minimum atomic E-state index is -4.28. The van der Waals surface area contributed by atoms with Gasteiger partial charge < -0.3 is 13.7 Å². The molecule has 7 rings (SSSR count). The standard InChI is InChI=1S/C33H27Cl2NO8S/c1-16-8-11-18(12-9-16)45(40,41)44-24-14-17-10-13-23(36-31(38)19-6-4-5-7-20(19)32(36)39)21-15-22-27(33(34,35)30(22)37)26(21)25(17)29(43-3)28(24)42-2/h4-9,11-12,14,22-23,27H,10,13,15H2,1-3H3. The predicted molar refractivity (Wildman–Crippen MR) is 166 cm³/mol. The van der Waals surface area contributed by atoms with Gasteiger partial charge in [0, 0.05) is 17.4 Å². The van der Waals surface area contributed by atoms with Gasteiger partial charge in [-0.05, 0) is 73.2 Å². The molecule has 0 bridgehead atoms. The summed E-state index contributed by atoms with van der Waals surface area (Å²) >= 11 is 13.3. The van der Waals surface area contributed by atoms with Crippen LogP contribution in [0, 0.1) is 18.8 Å². The van der Waals surface area contributed by atoms with Crippen molar-refractivity contribution in [2.75, 3.05) is 14.2 Å². The number of amides is 2. The van der Waals surface area contributed by atoms with Crippen LogP contribution in [0.25, 0.3) is 5.57 Å². The van der Waals surface area contributed by atoms with Gasteiger partial charge in [-0.15, -0.1) is 0 Å². The number of hydrogen-bond donors (Lipinski definition) is 0. The third kappa shape index (κ3) is 4.26. The van der Waals surface area contributed by atoms with Crippen LogP contribution in [0.4, 0.5) is 0 Å². The Labute approximate surface area is 269 Å². The average molecular weight is 669 g/mol.